The van der Waals surface area contributed by atoms with Gasteiger partial charge in [-0.2, -0.15) is 0 Å². The Labute approximate surface area is 134 Å². The zero-order chi connectivity index (χ0) is 15.6. The minimum Gasteiger partial charge on any atom is -0.355 e. The van der Waals surface area contributed by atoms with Gasteiger partial charge in [0, 0.05) is 29.4 Å². The molecule has 0 radical (unpaired) electrons. The lowest BCUT2D eigenvalue weighted by molar-refractivity contribution is 0.573. The third kappa shape index (κ3) is 2.65. The Morgan fingerprint density at radius 3 is 2.22 bits per heavy atom. The van der Waals surface area contributed by atoms with Gasteiger partial charge in [-0.25, -0.2) is 4.39 Å². The Morgan fingerprint density at radius 1 is 0.783 bits per heavy atom. The first kappa shape index (κ1) is 14.1. The zero-order valence-electron chi connectivity index (χ0n) is 12.9. The summed E-state index contributed by atoms with van der Waals surface area (Å²) in [4.78, 5) is 2.33. The van der Waals surface area contributed by atoms with E-state index in [1.165, 1.54) is 31.4 Å². The second kappa shape index (κ2) is 5.95. The molecule has 4 heteroatoms. The monoisotopic (exact) mass is 307 g/mol. The number of piperidine rings is 1. The second-order valence-electron chi connectivity index (χ2n) is 5.97. The molecule has 0 N–H and O–H groups in total. The maximum atomic E-state index is 13.2. The maximum absolute atomic E-state index is 13.2. The highest BCUT2D eigenvalue weighted by Crippen LogP contribution is 2.32. The summed E-state index contributed by atoms with van der Waals surface area (Å²) in [7, 11) is 0. The quantitative estimate of drug-likeness (QED) is 0.701. The summed E-state index contributed by atoms with van der Waals surface area (Å²) in [5.74, 6) is 0.724. The molecule has 0 bridgehead atoms. The van der Waals surface area contributed by atoms with Crippen LogP contribution in [-0.2, 0) is 0 Å². The number of anilines is 1. The minimum absolute atomic E-state index is 0.240. The summed E-state index contributed by atoms with van der Waals surface area (Å²) < 4.78 is 13.2. The molecule has 4 rings (SSSR count). The van der Waals surface area contributed by atoms with E-state index in [2.05, 4.69) is 27.2 Å². The molecule has 116 valence electrons. The summed E-state index contributed by atoms with van der Waals surface area (Å²) in [5.41, 5.74) is 1.70. The van der Waals surface area contributed by atoms with Crippen molar-refractivity contribution in [3.05, 3.63) is 54.3 Å². The summed E-state index contributed by atoms with van der Waals surface area (Å²) in [6.07, 6.45) is 3.70. The first-order valence-electron chi connectivity index (χ1n) is 8.09. The van der Waals surface area contributed by atoms with E-state index in [1.54, 1.807) is 12.1 Å². The zero-order valence-corrected chi connectivity index (χ0v) is 12.9. The van der Waals surface area contributed by atoms with Crippen LogP contribution < -0.4 is 4.90 Å². The van der Waals surface area contributed by atoms with E-state index in [9.17, 15) is 4.39 Å². The molecule has 3 aromatic rings. The maximum Gasteiger partial charge on any atom is 0.159 e. The lowest BCUT2D eigenvalue weighted by Crippen LogP contribution is -2.30. The third-order valence-electron chi connectivity index (χ3n) is 4.44. The molecular formula is C19H18FN3. The first-order chi connectivity index (χ1) is 11.3. The summed E-state index contributed by atoms with van der Waals surface area (Å²) >= 11 is 0. The molecule has 23 heavy (non-hydrogen) atoms. The summed E-state index contributed by atoms with van der Waals surface area (Å²) in [6.45, 7) is 2.07. The highest BCUT2D eigenvalue weighted by molar-refractivity contribution is 6.00. The number of aromatic nitrogens is 2. The Kier molecular flexibility index (Phi) is 3.66. The van der Waals surface area contributed by atoms with Crippen molar-refractivity contribution < 1.29 is 4.39 Å². The molecule has 0 saturated carbocycles. The average Bonchev–Trinajstić information content (AvgIpc) is 2.62. The van der Waals surface area contributed by atoms with Gasteiger partial charge in [0.25, 0.3) is 0 Å². The Hall–Kier alpha value is -2.49. The highest BCUT2D eigenvalue weighted by Gasteiger charge is 2.17. The van der Waals surface area contributed by atoms with Gasteiger partial charge in [0.05, 0.1) is 0 Å². The molecule has 1 saturated heterocycles. The van der Waals surface area contributed by atoms with Crippen LogP contribution in [0.2, 0.25) is 0 Å². The number of hydrogen-bond acceptors (Lipinski definition) is 3. The predicted molar refractivity (Wildman–Crippen MR) is 91.0 cm³/mol. The van der Waals surface area contributed by atoms with E-state index in [-0.39, 0.29) is 5.82 Å². The van der Waals surface area contributed by atoms with Crippen LogP contribution in [0.4, 0.5) is 10.2 Å². The number of nitrogens with zero attached hydrogens (tertiary/aromatic N) is 3. The molecular weight excluding hydrogens is 289 g/mol. The van der Waals surface area contributed by atoms with Crippen molar-refractivity contribution in [1.82, 2.24) is 10.2 Å². The lowest BCUT2D eigenvalue weighted by atomic mass is 10.0. The fourth-order valence-corrected chi connectivity index (χ4v) is 3.25. The molecule has 1 aliphatic heterocycles. The van der Waals surface area contributed by atoms with Gasteiger partial charge in [-0.3, -0.25) is 0 Å². The van der Waals surface area contributed by atoms with Crippen molar-refractivity contribution >= 4 is 16.6 Å². The van der Waals surface area contributed by atoms with Gasteiger partial charge >= 0.3 is 0 Å². The van der Waals surface area contributed by atoms with Gasteiger partial charge in [0.1, 0.15) is 11.5 Å². The minimum atomic E-state index is -0.240. The van der Waals surface area contributed by atoms with Crippen molar-refractivity contribution in [1.29, 1.82) is 0 Å². The Balaban J connectivity index is 1.86. The number of hydrogen-bond donors (Lipinski definition) is 0. The fraction of sp³-hybridized carbons (Fsp3) is 0.263. The van der Waals surface area contributed by atoms with Crippen molar-refractivity contribution in [3.63, 3.8) is 0 Å². The Bertz CT molecular complexity index is 824. The van der Waals surface area contributed by atoms with Crippen LogP contribution in [0.1, 0.15) is 19.3 Å². The molecule has 3 nitrogen and oxygen atoms in total. The molecule has 1 aliphatic rings. The Morgan fingerprint density at radius 2 is 1.48 bits per heavy atom. The van der Waals surface area contributed by atoms with E-state index in [0.717, 1.165) is 40.9 Å². The summed E-state index contributed by atoms with van der Waals surface area (Å²) in [6, 6.07) is 14.6. The highest BCUT2D eigenvalue weighted by atomic mass is 19.1. The van der Waals surface area contributed by atoms with Crippen LogP contribution in [0.5, 0.6) is 0 Å². The number of fused-ring (bicyclic) bond motifs is 1. The van der Waals surface area contributed by atoms with Gasteiger partial charge < -0.3 is 4.90 Å². The van der Waals surface area contributed by atoms with Gasteiger partial charge in [0.2, 0.25) is 0 Å². The van der Waals surface area contributed by atoms with E-state index in [0.29, 0.717) is 0 Å². The average molecular weight is 307 g/mol. The van der Waals surface area contributed by atoms with E-state index >= 15 is 0 Å². The first-order valence-corrected chi connectivity index (χ1v) is 8.09. The molecule has 0 spiro atoms. The molecule has 1 aromatic heterocycles. The molecule has 0 atom stereocenters. The molecule has 2 heterocycles. The van der Waals surface area contributed by atoms with Gasteiger partial charge in [0.15, 0.2) is 5.82 Å². The third-order valence-corrected chi connectivity index (χ3v) is 4.44. The van der Waals surface area contributed by atoms with Crippen LogP contribution >= 0.6 is 0 Å². The topological polar surface area (TPSA) is 29.0 Å². The lowest BCUT2D eigenvalue weighted by Gasteiger charge is -2.28. The van der Waals surface area contributed by atoms with Crippen molar-refractivity contribution in [2.45, 2.75) is 19.3 Å². The van der Waals surface area contributed by atoms with Crippen LogP contribution in [0.25, 0.3) is 22.0 Å². The van der Waals surface area contributed by atoms with Crippen LogP contribution in [0.15, 0.2) is 48.5 Å². The number of halogens is 1. The normalized spacial score (nSPS) is 15.1. The predicted octanol–water partition coefficient (Wildman–Crippen LogP) is 4.43. The second-order valence-corrected chi connectivity index (χ2v) is 5.97. The molecule has 1 fully saturated rings. The number of rotatable bonds is 2. The van der Waals surface area contributed by atoms with Crippen molar-refractivity contribution in [2.75, 3.05) is 18.0 Å². The largest absolute Gasteiger partial charge is 0.355 e. The van der Waals surface area contributed by atoms with Crippen LogP contribution in [0.3, 0.4) is 0 Å². The standard InChI is InChI=1S/C19H18FN3/c20-15-10-8-14(9-11-15)18-16-6-2-3-7-17(16)19(22-21-18)23-12-4-1-5-13-23/h2-3,6-11H,1,4-5,12-13H2. The molecule has 0 aliphatic carbocycles. The van der Waals surface area contributed by atoms with Crippen LogP contribution in [-0.4, -0.2) is 23.3 Å². The van der Waals surface area contributed by atoms with Crippen molar-refractivity contribution in [3.8, 4) is 11.3 Å². The van der Waals surface area contributed by atoms with Crippen LogP contribution in [0, 0.1) is 5.82 Å². The van der Waals surface area contributed by atoms with Gasteiger partial charge in [-0.05, 0) is 43.5 Å². The molecule has 2 aromatic carbocycles. The van der Waals surface area contributed by atoms with E-state index in [4.69, 9.17) is 0 Å². The molecule has 0 unspecified atom stereocenters. The van der Waals surface area contributed by atoms with E-state index in [1.807, 2.05) is 12.1 Å². The molecule has 0 amide bonds. The van der Waals surface area contributed by atoms with Crippen molar-refractivity contribution in [2.24, 2.45) is 0 Å². The smallest absolute Gasteiger partial charge is 0.159 e. The fourth-order valence-electron chi connectivity index (χ4n) is 3.25. The number of benzene rings is 2. The van der Waals surface area contributed by atoms with Gasteiger partial charge in [-0.1, -0.05) is 24.3 Å². The van der Waals surface area contributed by atoms with Gasteiger partial charge in [-0.15, -0.1) is 10.2 Å². The van der Waals surface area contributed by atoms with E-state index < -0.39 is 0 Å². The SMILES string of the molecule is Fc1ccc(-c2nnc(N3CCCCC3)c3ccccc23)cc1. The summed E-state index contributed by atoms with van der Waals surface area (Å²) in [5, 5.41) is 11.2.